The highest BCUT2D eigenvalue weighted by atomic mass is 16.4. The third-order valence-electron chi connectivity index (χ3n) is 3.93. The Hall–Kier alpha value is -2.69. The molecule has 0 radical (unpaired) electrons. The van der Waals surface area contributed by atoms with Crippen LogP contribution in [0, 0.1) is 18.3 Å². The number of aliphatic carboxylic acids is 2. The molecule has 2 unspecified atom stereocenters. The molecule has 5 nitrogen and oxygen atoms in total. The van der Waals surface area contributed by atoms with Crippen LogP contribution in [0.15, 0.2) is 48.1 Å². The van der Waals surface area contributed by atoms with E-state index in [0.29, 0.717) is 5.56 Å². The Kier molecular flexibility index (Phi) is 3.99. The summed E-state index contributed by atoms with van der Waals surface area (Å²) in [5.74, 6) is -4.30. The van der Waals surface area contributed by atoms with E-state index in [0.717, 1.165) is 5.56 Å². The molecular formula is C17H16O5. The largest absolute Gasteiger partial charge is 0.481 e. The molecule has 1 aromatic carbocycles. The van der Waals surface area contributed by atoms with Crippen LogP contribution in [0.2, 0.25) is 0 Å². The van der Waals surface area contributed by atoms with E-state index < -0.39 is 29.1 Å². The minimum absolute atomic E-state index is 0.210. The lowest BCUT2D eigenvalue weighted by Gasteiger charge is -2.32. The predicted octanol–water partition coefficient (Wildman–Crippen LogP) is 2.47. The molecule has 2 atom stereocenters. The number of rotatable bonds is 4. The molecule has 1 aliphatic rings. The molecule has 0 fully saturated rings. The molecule has 0 saturated heterocycles. The maximum absolute atomic E-state index is 12.7. The van der Waals surface area contributed by atoms with E-state index in [1.807, 2.05) is 6.92 Å². The van der Waals surface area contributed by atoms with Crippen LogP contribution in [0.5, 0.6) is 0 Å². The van der Waals surface area contributed by atoms with E-state index in [2.05, 4.69) is 0 Å². The summed E-state index contributed by atoms with van der Waals surface area (Å²) in [4.78, 5) is 35.8. The molecule has 0 aromatic heterocycles. The van der Waals surface area contributed by atoms with Gasteiger partial charge in [0.15, 0.2) is 5.78 Å². The van der Waals surface area contributed by atoms with Gasteiger partial charge in [-0.25, -0.2) is 4.79 Å². The maximum atomic E-state index is 12.7. The normalized spacial score (nSPS) is 23.7. The maximum Gasteiger partial charge on any atom is 0.332 e. The first-order valence-corrected chi connectivity index (χ1v) is 6.74. The monoisotopic (exact) mass is 300 g/mol. The Balaban J connectivity index is 2.54. The van der Waals surface area contributed by atoms with Gasteiger partial charge in [-0.3, -0.25) is 9.59 Å². The molecule has 2 N–H and O–H groups in total. The zero-order valence-corrected chi connectivity index (χ0v) is 12.2. The number of aryl methyl sites for hydroxylation is 1. The fraction of sp³-hybridized carbons (Fsp3) is 0.235. The van der Waals surface area contributed by atoms with Gasteiger partial charge in [-0.2, -0.15) is 0 Å². The van der Waals surface area contributed by atoms with Crippen LogP contribution in [0.25, 0.3) is 0 Å². The second-order valence-corrected chi connectivity index (χ2v) is 5.54. The molecule has 0 saturated carbocycles. The SMILES string of the molecule is Cc1ccc(C(=O)C2C(C(=O)O)=CC=CC2(C)C(=O)O)cc1. The summed E-state index contributed by atoms with van der Waals surface area (Å²) >= 11 is 0. The summed E-state index contributed by atoms with van der Waals surface area (Å²) in [6.45, 7) is 3.22. The molecule has 1 aliphatic carbocycles. The van der Waals surface area contributed by atoms with Crippen LogP contribution in [-0.4, -0.2) is 27.9 Å². The van der Waals surface area contributed by atoms with Gasteiger partial charge >= 0.3 is 11.9 Å². The van der Waals surface area contributed by atoms with Gasteiger partial charge in [-0.1, -0.05) is 48.1 Å². The van der Waals surface area contributed by atoms with Crippen molar-refractivity contribution >= 4 is 17.7 Å². The minimum Gasteiger partial charge on any atom is -0.481 e. The fourth-order valence-electron chi connectivity index (χ4n) is 2.55. The lowest BCUT2D eigenvalue weighted by atomic mass is 9.67. The highest BCUT2D eigenvalue weighted by Gasteiger charge is 2.48. The molecular weight excluding hydrogens is 284 g/mol. The first-order valence-electron chi connectivity index (χ1n) is 6.74. The molecule has 0 bridgehead atoms. The van der Waals surface area contributed by atoms with Gasteiger partial charge in [0.2, 0.25) is 0 Å². The Morgan fingerprint density at radius 3 is 2.18 bits per heavy atom. The van der Waals surface area contributed by atoms with Gasteiger partial charge in [0, 0.05) is 11.1 Å². The lowest BCUT2D eigenvalue weighted by Crippen LogP contribution is -2.42. The molecule has 5 heteroatoms. The minimum atomic E-state index is -1.59. The molecule has 1 aromatic rings. The van der Waals surface area contributed by atoms with Crippen molar-refractivity contribution in [1.82, 2.24) is 0 Å². The summed E-state index contributed by atoms with van der Waals surface area (Å²) in [7, 11) is 0. The standard InChI is InChI=1S/C17H16O5/c1-10-5-7-11(8-6-10)14(18)13-12(15(19)20)4-3-9-17(13,2)16(21)22/h3-9,13H,1-2H3,(H,19,20)(H,21,22). The van der Waals surface area contributed by atoms with Crippen molar-refractivity contribution in [2.75, 3.05) is 0 Å². The average molecular weight is 300 g/mol. The van der Waals surface area contributed by atoms with Crippen LogP contribution < -0.4 is 0 Å². The zero-order valence-electron chi connectivity index (χ0n) is 12.2. The topological polar surface area (TPSA) is 91.7 Å². The van der Waals surface area contributed by atoms with Crippen LogP contribution in [0.4, 0.5) is 0 Å². The molecule has 2 rings (SSSR count). The lowest BCUT2D eigenvalue weighted by molar-refractivity contribution is -0.147. The van der Waals surface area contributed by atoms with E-state index in [9.17, 15) is 24.6 Å². The number of hydrogen-bond acceptors (Lipinski definition) is 3. The number of carboxylic acids is 2. The number of Topliss-reactive ketones (excluding diaryl/α,β-unsaturated/α-hetero) is 1. The number of carbonyl (C=O) groups excluding carboxylic acids is 1. The van der Waals surface area contributed by atoms with Crippen molar-refractivity contribution in [3.8, 4) is 0 Å². The second-order valence-electron chi connectivity index (χ2n) is 5.54. The van der Waals surface area contributed by atoms with E-state index in [-0.39, 0.29) is 5.57 Å². The summed E-state index contributed by atoms with van der Waals surface area (Å²) in [5, 5.41) is 18.8. The van der Waals surface area contributed by atoms with Crippen LogP contribution in [-0.2, 0) is 9.59 Å². The van der Waals surface area contributed by atoms with Gasteiger partial charge in [-0.05, 0) is 13.8 Å². The van der Waals surface area contributed by atoms with Crippen LogP contribution in [0.1, 0.15) is 22.8 Å². The number of benzene rings is 1. The van der Waals surface area contributed by atoms with E-state index in [1.54, 1.807) is 24.3 Å². The summed E-state index contributed by atoms with van der Waals surface area (Å²) in [6.07, 6.45) is 4.01. The van der Waals surface area contributed by atoms with Gasteiger partial charge in [0.25, 0.3) is 0 Å². The average Bonchev–Trinajstić information content (AvgIpc) is 2.46. The summed E-state index contributed by atoms with van der Waals surface area (Å²) in [5.41, 5.74) is -0.552. The third kappa shape index (κ3) is 2.57. The number of ketones is 1. The number of carboxylic acid groups (broad SMARTS) is 2. The van der Waals surface area contributed by atoms with Gasteiger partial charge in [0.1, 0.15) is 0 Å². The molecule has 114 valence electrons. The Bertz CT molecular complexity index is 696. The Morgan fingerprint density at radius 1 is 1.09 bits per heavy atom. The van der Waals surface area contributed by atoms with Crippen molar-refractivity contribution < 1.29 is 24.6 Å². The molecule has 0 spiro atoms. The summed E-state index contributed by atoms with van der Waals surface area (Å²) in [6, 6.07) is 6.62. The molecule has 22 heavy (non-hydrogen) atoms. The van der Waals surface area contributed by atoms with Gasteiger partial charge < -0.3 is 10.2 Å². The fourth-order valence-corrected chi connectivity index (χ4v) is 2.55. The zero-order chi connectivity index (χ0) is 16.5. The van der Waals surface area contributed by atoms with Crippen LogP contribution in [0.3, 0.4) is 0 Å². The highest BCUT2D eigenvalue weighted by molar-refractivity contribution is 6.08. The van der Waals surface area contributed by atoms with Crippen molar-refractivity contribution in [3.63, 3.8) is 0 Å². The van der Waals surface area contributed by atoms with Gasteiger partial charge in [-0.15, -0.1) is 0 Å². The smallest absolute Gasteiger partial charge is 0.332 e. The third-order valence-corrected chi connectivity index (χ3v) is 3.93. The molecule has 0 heterocycles. The van der Waals surface area contributed by atoms with Crippen molar-refractivity contribution in [2.24, 2.45) is 11.3 Å². The highest BCUT2D eigenvalue weighted by Crippen LogP contribution is 2.40. The second kappa shape index (κ2) is 5.60. The number of carbonyl (C=O) groups is 3. The molecule has 0 amide bonds. The van der Waals surface area contributed by atoms with E-state index in [4.69, 9.17) is 0 Å². The first-order chi connectivity index (χ1) is 10.3. The Morgan fingerprint density at radius 2 is 1.68 bits per heavy atom. The van der Waals surface area contributed by atoms with E-state index in [1.165, 1.54) is 25.2 Å². The number of hydrogen-bond donors (Lipinski definition) is 2. The first kappa shape index (κ1) is 15.7. The van der Waals surface area contributed by atoms with Crippen molar-refractivity contribution in [1.29, 1.82) is 0 Å². The predicted molar refractivity (Wildman–Crippen MR) is 79.6 cm³/mol. The number of allylic oxidation sites excluding steroid dienone is 2. The van der Waals surface area contributed by atoms with Gasteiger partial charge in [0.05, 0.1) is 11.3 Å². The Labute approximate surface area is 127 Å². The quantitative estimate of drug-likeness (QED) is 0.833. The van der Waals surface area contributed by atoms with Crippen LogP contribution >= 0.6 is 0 Å². The van der Waals surface area contributed by atoms with Crippen molar-refractivity contribution in [3.05, 3.63) is 59.2 Å². The van der Waals surface area contributed by atoms with Crippen molar-refractivity contribution in [2.45, 2.75) is 13.8 Å². The molecule has 0 aliphatic heterocycles. The summed E-state index contributed by atoms with van der Waals surface area (Å²) < 4.78 is 0. The van der Waals surface area contributed by atoms with E-state index >= 15 is 0 Å².